The Kier molecular flexibility index (Phi) is 5.16. The molecular formula is C19H18ClN3OS. The van der Waals surface area contributed by atoms with Crippen molar-refractivity contribution >= 4 is 28.8 Å². The third-order valence-electron chi connectivity index (χ3n) is 3.89. The van der Waals surface area contributed by atoms with E-state index in [0.29, 0.717) is 10.6 Å². The molecule has 0 aliphatic rings. The number of carbonyl (C=O) groups excluding carboxylic acids is 1. The molecule has 0 bridgehead atoms. The molecule has 0 aliphatic heterocycles. The molecule has 2 heterocycles. The fourth-order valence-electron chi connectivity index (χ4n) is 2.53. The van der Waals surface area contributed by atoms with Crippen molar-refractivity contribution in [3.63, 3.8) is 0 Å². The third kappa shape index (κ3) is 3.89. The predicted octanol–water partition coefficient (Wildman–Crippen LogP) is 4.97. The van der Waals surface area contributed by atoms with E-state index in [0.717, 1.165) is 21.1 Å². The molecule has 4 nitrogen and oxygen atoms in total. The lowest BCUT2D eigenvalue weighted by Gasteiger charge is -2.13. The van der Waals surface area contributed by atoms with Crippen LogP contribution in [0.5, 0.6) is 0 Å². The lowest BCUT2D eigenvalue weighted by Crippen LogP contribution is -2.26. The van der Waals surface area contributed by atoms with Crippen LogP contribution in [-0.4, -0.2) is 15.9 Å². The standard InChI is InChI=1S/C19H18ClN3OS/c1-11-4-6-14(7-5-11)19-23-13(3)17(25-19)12(2)22-18(24)15-8-9-21-10-16(15)20/h4-10,12H,1-3H3,(H,22,24)/t12-/m0/s1. The quantitative estimate of drug-likeness (QED) is 0.704. The number of pyridine rings is 1. The number of aryl methyl sites for hydroxylation is 2. The molecule has 0 radical (unpaired) electrons. The maximum absolute atomic E-state index is 12.4. The fourth-order valence-corrected chi connectivity index (χ4v) is 3.81. The molecule has 1 aromatic carbocycles. The highest BCUT2D eigenvalue weighted by molar-refractivity contribution is 7.15. The molecule has 0 saturated carbocycles. The van der Waals surface area contributed by atoms with Gasteiger partial charge in [-0.15, -0.1) is 11.3 Å². The van der Waals surface area contributed by atoms with E-state index in [1.165, 1.54) is 11.8 Å². The number of thiazole rings is 1. The molecule has 1 N–H and O–H groups in total. The van der Waals surface area contributed by atoms with E-state index in [-0.39, 0.29) is 11.9 Å². The van der Waals surface area contributed by atoms with Crippen LogP contribution < -0.4 is 5.32 Å². The molecule has 0 saturated heterocycles. The summed E-state index contributed by atoms with van der Waals surface area (Å²) in [6.07, 6.45) is 3.02. The van der Waals surface area contributed by atoms with E-state index in [1.807, 2.05) is 13.8 Å². The number of nitrogens with one attached hydrogen (secondary N) is 1. The van der Waals surface area contributed by atoms with E-state index in [2.05, 4.69) is 46.5 Å². The van der Waals surface area contributed by atoms with Gasteiger partial charge in [-0.2, -0.15) is 0 Å². The normalized spacial score (nSPS) is 12.0. The van der Waals surface area contributed by atoms with Crippen LogP contribution in [0.4, 0.5) is 0 Å². The largest absolute Gasteiger partial charge is 0.345 e. The van der Waals surface area contributed by atoms with Crippen LogP contribution in [0.25, 0.3) is 10.6 Å². The fraction of sp³-hybridized carbons (Fsp3) is 0.211. The van der Waals surface area contributed by atoms with E-state index < -0.39 is 0 Å². The van der Waals surface area contributed by atoms with Gasteiger partial charge in [0.2, 0.25) is 0 Å². The first-order chi connectivity index (χ1) is 12.0. The van der Waals surface area contributed by atoms with Gasteiger partial charge in [-0.25, -0.2) is 4.98 Å². The van der Waals surface area contributed by atoms with Gasteiger partial charge < -0.3 is 5.32 Å². The predicted molar refractivity (Wildman–Crippen MR) is 102 cm³/mol. The molecule has 3 rings (SSSR count). The minimum atomic E-state index is -0.218. The molecular weight excluding hydrogens is 354 g/mol. The van der Waals surface area contributed by atoms with Gasteiger partial charge in [0.25, 0.3) is 5.91 Å². The minimum absolute atomic E-state index is 0.159. The van der Waals surface area contributed by atoms with Crippen molar-refractivity contribution in [3.8, 4) is 10.6 Å². The van der Waals surface area contributed by atoms with Crippen LogP contribution in [0.2, 0.25) is 5.02 Å². The first-order valence-electron chi connectivity index (χ1n) is 7.90. The summed E-state index contributed by atoms with van der Waals surface area (Å²) < 4.78 is 0. The summed E-state index contributed by atoms with van der Waals surface area (Å²) in [5.74, 6) is -0.218. The molecule has 2 aromatic heterocycles. The number of benzene rings is 1. The number of amides is 1. The highest BCUT2D eigenvalue weighted by Crippen LogP contribution is 2.32. The Balaban J connectivity index is 1.81. The highest BCUT2D eigenvalue weighted by Gasteiger charge is 2.19. The van der Waals surface area contributed by atoms with Gasteiger partial charge in [0.05, 0.1) is 27.2 Å². The first kappa shape index (κ1) is 17.6. The van der Waals surface area contributed by atoms with Crippen molar-refractivity contribution in [2.75, 3.05) is 0 Å². The summed E-state index contributed by atoms with van der Waals surface area (Å²) in [5, 5.41) is 4.28. The molecule has 0 unspecified atom stereocenters. The number of nitrogens with zero attached hydrogens (tertiary/aromatic N) is 2. The highest BCUT2D eigenvalue weighted by atomic mass is 35.5. The van der Waals surface area contributed by atoms with Crippen molar-refractivity contribution in [1.29, 1.82) is 0 Å². The number of halogens is 1. The van der Waals surface area contributed by atoms with Gasteiger partial charge in [0.1, 0.15) is 5.01 Å². The van der Waals surface area contributed by atoms with E-state index in [1.54, 1.807) is 23.6 Å². The van der Waals surface area contributed by atoms with E-state index in [4.69, 9.17) is 11.6 Å². The number of hydrogen-bond donors (Lipinski definition) is 1. The first-order valence-corrected chi connectivity index (χ1v) is 9.10. The second kappa shape index (κ2) is 7.33. The molecule has 3 aromatic rings. The molecule has 128 valence electrons. The summed E-state index contributed by atoms with van der Waals surface area (Å²) >= 11 is 7.64. The molecule has 0 aliphatic carbocycles. The average Bonchev–Trinajstić information content (AvgIpc) is 2.97. The Morgan fingerprint density at radius 1 is 1.20 bits per heavy atom. The van der Waals surface area contributed by atoms with Crippen molar-refractivity contribution in [1.82, 2.24) is 15.3 Å². The summed E-state index contributed by atoms with van der Waals surface area (Å²) in [5.41, 5.74) is 3.64. The second-order valence-corrected chi connectivity index (χ2v) is 7.32. The molecule has 0 fully saturated rings. The van der Waals surface area contributed by atoms with Gasteiger partial charge in [0, 0.05) is 18.0 Å². The van der Waals surface area contributed by atoms with Gasteiger partial charge in [-0.3, -0.25) is 9.78 Å². The van der Waals surface area contributed by atoms with Crippen LogP contribution in [0.3, 0.4) is 0 Å². The number of carbonyl (C=O) groups is 1. The molecule has 0 spiro atoms. The third-order valence-corrected chi connectivity index (χ3v) is 5.58. The van der Waals surface area contributed by atoms with E-state index >= 15 is 0 Å². The second-order valence-electron chi connectivity index (χ2n) is 5.89. The average molecular weight is 372 g/mol. The molecule has 25 heavy (non-hydrogen) atoms. The Bertz CT molecular complexity index is 905. The van der Waals surface area contributed by atoms with Crippen molar-refractivity contribution in [2.24, 2.45) is 0 Å². The van der Waals surface area contributed by atoms with Gasteiger partial charge in [0.15, 0.2) is 0 Å². The Labute approximate surface area is 155 Å². The van der Waals surface area contributed by atoms with Crippen LogP contribution in [0.15, 0.2) is 42.7 Å². The zero-order valence-corrected chi connectivity index (χ0v) is 15.8. The Morgan fingerprint density at radius 2 is 1.92 bits per heavy atom. The molecule has 6 heteroatoms. The van der Waals surface area contributed by atoms with Crippen LogP contribution in [0, 0.1) is 13.8 Å². The number of rotatable bonds is 4. The van der Waals surface area contributed by atoms with Crippen molar-refractivity contribution in [3.05, 3.63) is 69.4 Å². The van der Waals surface area contributed by atoms with Gasteiger partial charge in [-0.1, -0.05) is 41.4 Å². The Hall–Kier alpha value is -2.24. The lowest BCUT2D eigenvalue weighted by atomic mass is 10.1. The SMILES string of the molecule is Cc1ccc(-c2nc(C)c([C@H](C)NC(=O)c3ccncc3Cl)s2)cc1. The maximum Gasteiger partial charge on any atom is 0.253 e. The maximum atomic E-state index is 12.4. The van der Waals surface area contributed by atoms with Gasteiger partial charge >= 0.3 is 0 Å². The zero-order chi connectivity index (χ0) is 18.0. The minimum Gasteiger partial charge on any atom is -0.345 e. The molecule has 1 amide bonds. The monoisotopic (exact) mass is 371 g/mol. The van der Waals surface area contributed by atoms with Gasteiger partial charge in [-0.05, 0) is 26.8 Å². The summed E-state index contributed by atoms with van der Waals surface area (Å²) in [7, 11) is 0. The number of hydrogen-bond acceptors (Lipinski definition) is 4. The van der Waals surface area contributed by atoms with Crippen LogP contribution in [0.1, 0.15) is 39.5 Å². The van der Waals surface area contributed by atoms with Crippen molar-refractivity contribution in [2.45, 2.75) is 26.8 Å². The van der Waals surface area contributed by atoms with Crippen molar-refractivity contribution < 1.29 is 4.79 Å². The summed E-state index contributed by atoms with van der Waals surface area (Å²) in [4.78, 5) is 22.0. The summed E-state index contributed by atoms with van der Waals surface area (Å²) in [6, 6.07) is 9.73. The smallest absolute Gasteiger partial charge is 0.253 e. The Morgan fingerprint density at radius 3 is 2.60 bits per heavy atom. The lowest BCUT2D eigenvalue weighted by molar-refractivity contribution is 0.0940. The molecule has 1 atom stereocenters. The van der Waals surface area contributed by atoms with Crippen LogP contribution >= 0.6 is 22.9 Å². The zero-order valence-electron chi connectivity index (χ0n) is 14.2. The number of aromatic nitrogens is 2. The summed E-state index contributed by atoms with van der Waals surface area (Å²) in [6.45, 7) is 5.97. The van der Waals surface area contributed by atoms with E-state index in [9.17, 15) is 4.79 Å². The topological polar surface area (TPSA) is 54.9 Å². The van der Waals surface area contributed by atoms with Crippen LogP contribution in [-0.2, 0) is 0 Å².